The van der Waals surface area contributed by atoms with Crippen LogP contribution in [-0.4, -0.2) is 38.7 Å². The Morgan fingerprint density at radius 1 is 1.29 bits per heavy atom. The van der Waals surface area contributed by atoms with Gasteiger partial charge in [0.25, 0.3) is 5.91 Å². The Morgan fingerprint density at radius 3 is 2.82 bits per heavy atom. The molecule has 3 rings (SSSR count). The van der Waals surface area contributed by atoms with Crippen molar-refractivity contribution < 1.29 is 4.79 Å². The van der Waals surface area contributed by atoms with Gasteiger partial charge in [0.2, 0.25) is 0 Å². The fourth-order valence-corrected chi connectivity index (χ4v) is 1.82. The van der Waals surface area contributed by atoms with Gasteiger partial charge < -0.3 is 4.90 Å². The third kappa shape index (κ3) is 1.80. The van der Waals surface area contributed by atoms with E-state index < -0.39 is 0 Å². The predicted molar refractivity (Wildman–Crippen MR) is 61.9 cm³/mol. The van der Waals surface area contributed by atoms with Crippen LogP contribution in [0.2, 0.25) is 0 Å². The van der Waals surface area contributed by atoms with Crippen LogP contribution in [0.4, 0.5) is 0 Å². The van der Waals surface area contributed by atoms with Crippen LogP contribution >= 0.6 is 0 Å². The van der Waals surface area contributed by atoms with Gasteiger partial charge in [-0.15, -0.1) is 0 Å². The summed E-state index contributed by atoms with van der Waals surface area (Å²) in [6.45, 7) is 1.73. The number of nitrogens with zero attached hydrogens (tertiary/aromatic N) is 4. The highest BCUT2D eigenvalue weighted by atomic mass is 16.2. The average Bonchev–Trinajstić information content (AvgIpc) is 2.80. The molecule has 1 aliphatic heterocycles. The summed E-state index contributed by atoms with van der Waals surface area (Å²) in [7, 11) is 0. The Kier molecular flexibility index (Phi) is 2.36. The first-order valence-corrected chi connectivity index (χ1v) is 5.59. The molecule has 0 saturated carbocycles. The molecule has 17 heavy (non-hydrogen) atoms. The van der Waals surface area contributed by atoms with E-state index in [1.165, 1.54) is 6.33 Å². The normalized spacial score (nSPS) is 14.5. The van der Waals surface area contributed by atoms with Gasteiger partial charge in [0.15, 0.2) is 0 Å². The summed E-state index contributed by atoms with van der Waals surface area (Å²) < 4.78 is 1.65. The second-order valence-electron chi connectivity index (χ2n) is 4.04. The highest BCUT2D eigenvalue weighted by Crippen LogP contribution is 2.15. The predicted octanol–water partition coefficient (Wildman–Crippen LogP) is 1.11. The number of carbonyl (C=O) groups excluding carboxylic acids is 1. The quantitative estimate of drug-likeness (QED) is 0.773. The van der Waals surface area contributed by atoms with Crippen LogP contribution in [0.1, 0.15) is 16.8 Å². The van der Waals surface area contributed by atoms with Crippen molar-refractivity contribution in [1.82, 2.24) is 19.7 Å². The Morgan fingerprint density at radius 2 is 2.18 bits per heavy atom. The molecule has 1 aromatic carbocycles. The lowest BCUT2D eigenvalue weighted by molar-refractivity contribution is 0.0652. The van der Waals surface area contributed by atoms with Crippen LogP contribution in [0, 0.1) is 0 Å². The molecule has 0 spiro atoms. The lowest BCUT2D eigenvalue weighted by atomic mass is 10.1. The first kappa shape index (κ1) is 10.0. The van der Waals surface area contributed by atoms with Crippen molar-refractivity contribution in [3.8, 4) is 5.69 Å². The highest BCUT2D eigenvalue weighted by molar-refractivity contribution is 5.95. The molecule has 2 aromatic rings. The molecule has 0 unspecified atom stereocenters. The van der Waals surface area contributed by atoms with E-state index >= 15 is 0 Å². The van der Waals surface area contributed by atoms with E-state index in [1.54, 1.807) is 11.0 Å². The molecule has 1 aliphatic rings. The number of hydrogen-bond donors (Lipinski definition) is 0. The maximum absolute atomic E-state index is 12.0. The summed E-state index contributed by atoms with van der Waals surface area (Å²) >= 11 is 0. The fraction of sp³-hybridized carbons (Fsp3) is 0.250. The van der Waals surface area contributed by atoms with E-state index in [4.69, 9.17) is 0 Å². The Bertz CT molecular complexity index is 531. The van der Waals surface area contributed by atoms with E-state index in [9.17, 15) is 4.79 Å². The molecule has 0 atom stereocenters. The Labute approximate surface area is 98.7 Å². The second-order valence-corrected chi connectivity index (χ2v) is 4.04. The van der Waals surface area contributed by atoms with Crippen molar-refractivity contribution >= 4 is 5.91 Å². The van der Waals surface area contributed by atoms with E-state index in [-0.39, 0.29) is 5.91 Å². The summed E-state index contributed by atoms with van der Waals surface area (Å²) in [4.78, 5) is 17.8. The lowest BCUT2D eigenvalue weighted by Crippen LogP contribution is -2.42. The van der Waals surface area contributed by atoms with E-state index in [2.05, 4.69) is 10.1 Å². The number of carbonyl (C=O) groups is 1. The molecular formula is C12H12N4O. The van der Waals surface area contributed by atoms with Gasteiger partial charge >= 0.3 is 0 Å². The SMILES string of the molecule is O=C(c1cccc(-n2cncn2)c1)N1CCC1. The maximum atomic E-state index is 12.0. The van der Waals surface area contributed by atoms with Gasteiger partial charge in [-0.25, -0.2) is 9.67 Å². The zero-order valence-corrected chi connectivity index (χ0v) is 9.28. The van der Waals surface area contributed by atoms with Gasteiger partial charge in [-0.2, -0.15) is 5.10 Å². The summed E-state index contributed by atoms with van der Waals surface area (Å²) in [6, 6.07) is 7.45. The van der Waals surface area contributed by atoms with Crippen molar-refractivity contribution in [2.45, 2.75) is 6.42 Å². The summed E-state index contributed by atoms with van der Waals surface area (Å²) in [5, 5.41) is 4.05. The molecule has 0 aliphatic carbocycles. The monoisotopic (exact) mass is 228 g/mol. The van der Waals surface area contributed by atoms with Crippen LogP contribution < -0.4 is 0 Å². The largest absolute Gasteiger partial charge is 0.339 e. The minimum Gasteiger partial charge on any atom is -0.339 e. The molecule has 0 radical (unpaired) electrons. The molecule has 5 heteroatoms. The molecule has 1 aromatic heterocycles. The molecule has 2 heterocycles. The van der Waals surface area contributed by atoms with Gasteiger partial charge in [0.1, 0.15) is 12.7 Å². The van der Waals surface area contributed by atoms with Crippen LogP contribution in [0.3, 0.4) is 0 Å². The zero-order valence-electron chi connectivity index (χ0n) is 9.28. The highest BCUT2D eigenvalue weighted by Gasteiger charge is 2.21. The number of amides is 1. The number of likely N-dealkylation sites (tertiary alicyclic amines) is 1. The van der Waals surface area contributed by atoms with Gasteiger partial charge in [0, 0.05) is 18.7 Å². The van der Waals surface area contributed by atoms with Crippen molar-refractivity contribution in [2.24, 2.45) is 0 Å². The molecule has 86 valence electrons. The van der Waals surface area contributed by atoms with Crippen LogP contribution in [0.5, 0.6) is 0 Å². The number of rotatable bonds is 2. The number of hydrogen-bond acceptors (Lipinski definition) is 3. The molecule has 1 fully saturated rings. The van der Waals surface area contributed by atoms with Crippen molar-refractivity contribution in [2.75, 3.05) is 13.1 Å². The Balaban J connectivity index is 1.91. The lowest BCUT2D eigenvalue weighted by Gasteiger charge is -2.30. The first-order chi connectivity index (χ1) is 8.34. The van der Waals surface area contributed by atoms with Gasteiger partial charge in [-0.05, 0) is 24.6 Å². The van der Waals surface area contributed by atoms with Crippen LogP contribution in [0.25, 0.3) is 5.69 Å². The molecule has 5 nitrogen and oxygen atoms in total. The smallest absolute Gasteiger partial charge is 0.253 e. The van der Waals surface area contributed by atoms with Crippen LogP contribution in [0.15, 0.2) is 36.9 Å². The van der Waals surface area contributed by atoms with Crippen LogP contribution in [-0.2, 0) is 0 Å². The third-order valence-corrected chi connectivity index (χ3v) is 2.92. The topological polar surface area (TPSA) is 51.0 Å². The number of benzene rings is 1. The summed E-state index contributed by atoms with van der Waals surface area (Å²) in [5.74, 6) is 0.0956. The van der Waals surface area contributed by atoms with E-state index in [1.807, 2.05) is 29.2 Å². The fourth-order valence-electron chi connectivity index (χ4n) is 1.82. The molecule has 0 N–H and O–H groups in total. The minimum absolute atomic E-state index is 0.0956. The first-order valence-electron chi connectivity index (χ1n) is 5.59. The molecular weight excluding hydrogens is 216 g/mol. The van der Waals surface area contributed by atoms with Gasteiger partial charge in [0.05, 0.1) is 5.69 Å². The van der Waals surface area contributed by atoms with Crippen molar-refractivity contribution in [1.29, 1.82) is 0 Å². The average molecular weight is 228 g/mol. The van der Waals surface area contributed by atoms with Crippen molar-refractivity contribution in [3.05, 3.63) is 42.5 Å². The summed E-state index contributed by atoms with van der Waals surface area (Å²) in [6.07, 6.45) is 4.20. The summed E-state index contributed by atoms with van der Waals surface area (Å²) in [5.41, 5.74) is 1.56. The van der Waals surface area contributed by atoms with Gasteiger partial charge in [-0.1, -0.05) is 6.07 Å². The second kappa shape index (κ2) is 4.01. The Hall–Kier alpha value is -2.17. The zero-order chi connectivity index (χ0) is 11.7. The molecule has 1 amide bonds. The minimum atomic E-state index is 0.0956. The number of aromatic nitrogens is 3. The third-order valence-electron chi connectivity index (χ3n) is 2.92. The molecule has 0 bridgehead atoms. The molecule has 1 saturated heterocycles. The standard InChI is InChI=1S/C12H12N4O/c17-12(15-5-2-6-15)10-3-1-4-11(7-10)16-9-13-8-14-16/h1,3-4,7-9H,2,5-6H2. The van der Waals surface area contributed by atoms with Gasteiger partial charge in [-0.3, -0.25) is 4.79 Å². The maximum Gasteiger partial charge on any atom is 0.253 e. The van der Waals surface area contributed by atoms with Crippen molar-refractivity contribution in [3.63, 3.8) is 0 Å². The van der Waals surface area contributed by atoms with E-state index in [0.29, 0.717) is 5.56 Å². The van der Waals surface area contributed by atoms with E-state index in [0.717, 1.165) is 25.2 Å².